The molecule has 0 aliphatic carbocycles. The summed E-state index contributed by atoms with van der Waals surface area (Å²) in [6, 6.07) is 11.4. The Labute approximate surface area is 114 Å². The summed E-state index contributed by atoms with van der Waals surface area (Å²) in [5, 5.41) is 3.35. The molecule has 0 amide bonds. The molecule has 2 heteroatoms. The molecule has 19 heavy (non-hydrogen) atoms. The molecule has 1 N–H and O–H groups in total. The number of rotatable bonds is 4. The lowest BCUT2D eigenvalue weighted by atomic mass is 9.94. The molecule has 0 aliphatic heterocycles. The molecule has 100 valence electrons. The van der Waals surface area contributed by atoms with Gasteiger partial charge in [-0.1, -0.05) is 36.8 Å². The quantitative estimate of drug-likeness (QED) is 0.864. The molecule has 2 aromatic rings. The van der Waals surface area contributed by atoms with Crippen LogP contribution in [-0.2, 0) is 6.54 Å². The summed E-state index contributed by atoms with van der Waals surface area (Å²) in [6.07, 6.45) is 0. The predicted molar refractivity (Wildman–Crippen MR) is 78.7 cm³/mol. The SMILES string of the molecule is CCNCc1ccc(C)cc1-c1ccc(F)cc1C. The van der Waals surface area contributed by atoms with Crippen LogP contribution in [0, 0.1) is 19.7 Å². The Morgan fingerprint density at radius 3 is 2.47 bits per heavy atom. The number of nitrogens with one attached hydrogen (secondary N) is 1. The van der Waals surface area contributed by atoms with Gasteiger partial charge < -0.3 is 5.32 Å². The standard InChI is InChI=1S/C17H20FN/c1-4-19-11-14-6-5-12(2)9-17(14)16-8-7-15(18)10-13(16)3/h5-10,19H,4,11H2,1-3H3. The second kappa shape index (κ2) is 5.98. The van der Waals surface area contributed by atoms with Crippen LogP contribution in [0.5, 0.6) is 0 Å². The predicted octanol–water partition coefficient (Wildman–Crippen LogP) is 4.22. The highest BCUT2D eigenvalue weighted by Gasteiger charge is 2.08. The van der Waals surface area contributed by atoms with E-state index in [0.29, 0.717) is 0 Å². The van der Waals surface area contributed by atoms with Crippen molar-refractivity contribution in [1.29, 1.82) is 0 Å². The van der Waals surface area contributed by atoms with Gasteiger partial charge in [0.25, 0.3) is 0 Å². The summed E-state index contributed by atoms with van der Waals surface area (Å²) in [5.41, 5.74) is 5.75. The molecule has 0 spiro atoms. The molecule has 2 aromatic carbocycles. The van der Waals surface area contributed by atoms with E-state index in [-0.39, 0.29) is 5.82 Å². The van der Waals surface area contributed by atoms with Crippen molar-refractivity contribution in [3.05, 3.63) is 58.9 Å². The highest BCUT2D eigenvalue weighted by atomic mass is 19.1. The summed E-state index contributed by atoms with van der Waals surface area (Å²) < 4.78 is 13.2. The van der Waals surface area contributed by atoms with E-state index < -0.39 is 0 Å². The third-order valence-corrected chi connectivity index (χ3v) is 3.31. The first-order chi connectivity index (χ1) is 9.11. The second-order valence-corrected chi connectivity index (χ2v) is 4.90. The lowest BCUT2D eigenvalue weighted by molar-refractivity contribution is 0.627. The largest absolute Gasteiger partial charge is 0.313 e. The number of hydrogen-bond donors (Lipinski definition) is 1. The van der Waals surface area contributed by atoms with Gasteiger partial charge in [0.1, 0.15) is 5.82 Å². The van der Waals surface area contributed by atoms with Crippen LogP contribution in [0.1, 0.15) is 23.6 Å². The zero-order chi connectivity index (χ0) is 13.8. The van der Waals surface area contributed by atoms with Crippen LogP contribution < -0.4 is 5.32 Å². The van der Waals surface area contributed by atoms with E-state index in [0.717, 1.165) is 24.2 Å². The summed E-state index contributed by atoms with van der Waals surface area (Å²) in [4.78, 5) is 0. The van der Waals surface area contributed by atoms with Crippen molar-refractivity contribution >= 4 is 0 Å². The molecule has 0 aliphatic rings. The highest BCUT2D eigenvalue weighted by molar-refractivity contribution is 5.71. The summed E-state index contributed by atoms with van der Waals surface area (Å²) in [7, 11) is 0. The first-order valence-electron chi connectivity index (χ1n) is 6.68. The van der Waals surface area contributed by atoms with Gasteiger partial charge >= 0.3 is 0 Å². The zero-order valence-corrected chi connectivity index (χ0v) is 11.8. The molecule has 0 atom stereocenters. The number of halogens is 1. The first kappa shape index (κ1) is 13.8. The lowest BCUT2D eigenvalue weighted by Gasteiger charge is -2.13. The maximum atomic E-state index is 13.2. The molecule has 0 fully saturated rings. The number of aryl methyl sites for hydroxylation is 2. The van der Waals surface area contributed by atoms with E-state index in [1.165, 1.54) is 22.8 Å². The van der Waals surface area contributed by atoms with E-state index in [4.69, 9.17) is 0 Å². The fourth-order valence-electron chi connectivity index (χ4n) is 2.28. The van der Waals surface area contributed by atoms with Crippen molar-refractivity contribution in [3.63, 3.8) is 0 Å². The van der Waals surface area contributed by atoms with E-state index >= 15 is 0 Å². The molecule has 0 bridgehead atoms. The topological polar surface area (TPSA) is 12.0 Å². The van der Waals surface area contributed by atoms with Gasteiger partial charge in [-0.15, -0.1) is 0 Å². The molecular weight excluding hydrogens is 237 g/mol. The molecule has 0 saturated carbocycles. The monoisotopic (exact) mass is 257 g/mol. The van der Waals surface area contributed by atoms with Crippen LogP contribution in [0.15, 0.2) is 36.4 Å². The summed E-state index contributed by atoms with van der Waals surface area (Å²) in [5.74, 6) is -0.179. The van der Waals surface area contributed by atoms with E-state index in [9.17, 15) is 4.39 Å². The van der Waals surface area contributed by atoms with Crippen LogP contribution in [0.2, 0.25) is 0 Å². The van der Waals surface area contributed by atoms with Gasteiger partial charge in [-0.25, -0.2) is 4.39 Å². The van der Waals surface area contributed by atoms with Gasteiger partial charge in [0, 0.05) is 6.54 Å². The van der Waals surface area contributed by atoms with Gasteiger partial charge in [0.15, 0.2) is 0 Å². The molecule has 0 unspecified atom stereocenters. The molecule has 0 aromatic heterocycles. The Kier molecular flexibility index (Phi) is 4.33. The number of hydrogen-bond acceptors (Lipinski definition) is 1. The Morgan fingerprint density at radius 1 is 1.00 bits per heavy atom. The van der Waals surface area contributed by atoms with Crippen molar-refractivity contribution in [3.8, 4) is 11.1 Å². The van der Waals surface area contributed by atoms with Crippen molar-refractivity contribution in [2.75, 3.05) is 6.54 Å². The number of benzene rings is 2. The fourth-order valence-corrected chi connectivity index (χ4v) is 2.28. The third kappa shape index (κ3) is 3.21. The lowest BCUT2D eigenvalue weighted by Crippen LogP contribution is -2.12. The summed E-state index contributed by atoms with van der Waals surface area (Å²) in [6.45, 7) is 7.91. The minimum atomic E-state index is -0.179. The maximum absolute atomic E-state index is 13.2. The molecule has 0 saturated heterocycles. The average molecular weight is 257 g/mol. The van der Waals surface area contributed by atoms with Crippen LogP contribution in [0.25, 0.3) is 11.1 Å². The zero-order valence-electron chi connectivity index (χ0n) is 11.8. The van der Waals surface area contributed by atoms with Crippen molar-refractivity contribution in [2.24, 2.45) is 0 Å². The highest BCUT2D eigenvalue weighted by Crippen LogP contribution is 2.28. The van der Waals surface area contributed by atoms with E-state index in [2.05, 4.69) is 37.4 Å². The maximum Gasteiger partial charge on any atom is 0.123 e. The Morgan fingerprint density at radius 2 is 1.79 bits per heavy atom. The van der Waals surface area contributed by atoms with Gasteiger partial charge in [0.2, 0.25) is 0 Å². The molecular formula is C17H20FN. The van der Waals surface area contributed by atoms with E-state index in [1.807, 2.05) is 13.0 Å². The smallest absolute Gasteiger partial charge is 0.123 e. The second-order valence-electron chi connectivity index (χ2n) is 4.90. The van der Waals surface area contributed by atoms with Crippen molar-refractivity contribution < 1.29 is 4.39 Å². The third-order valence-electron chi connectivity index (χ3n) is 3.31. The molecule has 0 heterocycles. The van der Waals surface area contributed by atoms with E-state index in [1.54, 1.807) is 6.07 Å². The normalized spacial score (nSPS) is 10.7. The van der Waals surface area contributed by atoms with Crippen molar-refractivity contribution in [2.45, 2.75) is 27.3 Å². The average Bonchev–Trinajstić information content (AvgIpc) is 2.37. The summed E-state index contributed by atoms with van der Waals surface area (Å²) >= 11 is 0. The van der Waals surface area contributed by atoms with Crippen LogP contribution in [0.3, 0.4) is 0 Å². The minimum absolute atomic E-state index is 0.179. The van der Waals surface area contributed by atoms with Crippen molar-refractivity contribution in [1.82, 2.24) is 5.32 Å². The first-order valence-corrected chi connectivity index (χ1v) is 6.68. The molecule has 0 radical (unpaired) electrons. The van der Waals surface area contributed by atoms with Crippen LogP contribution in [0.4, 0.5) is 4.39 Å². The minimum Gasteiger partial charge on any atom is -0.313 e. The Hall–Kier alpha value is -1.67. The molecule has 2 rings (SSSR count). The van der Waals surface area contributed by atoms with Crippen LogP contribution >= 0.6 is 0 Å². The Bertz CT molecular complexity index is 575. The van der Waals surface area contributed by atoms with Gasteiger partial charge in [-0.3, -0.25) is 0 Å². The van der Waals surface area contributed by atoms with Crippen LogP contribution in [-0.4, -0.2) is 6.54 Å². The van der Waals surface area contributed by atoms with Gasteiger partial charge in [-0.05, 0) is 54.8 Å². The fraction of sp³-hybridized carbons (Fsp3) is 0.294. The van der Waals surface area contributed by atoms with Gasteiger partial charge in [0.05, 0.1) is 0 Å². The Balaban J connectivity index is 2.49. The van der Waals surface area contributed by atoms with Gasteiger partial charge in [-0.2, -0.15) is 0 Å². The molecule has 1 nitrogen and oxygen atoms in total.